The Labute approximate surface area is 192 Å². The maximum atomic E-state index is 6.28. The molecule has 0 unspecified atom stereocenters. The molecule has 5 aromatic carbocycles. The first-order chi connectivity index (χ1) is 16.2. The smallest absolute Gasteiger partial charge is 0.143 e. The molecule has 1 aromatic heterocycles. The average Bonchev–Trinajstić information content (AvgIpc) is 3.39. The molecule has 0 N–H and O–H groups in total. The fourth-order valence-corrected chi connectivity index (χ4v) is 5.72. The maximum absolute atomic E-state index is 6.28. The molecule has 0 radical (unpaired) electrons. The van der Waals surface area contributed by atoms with Gasteiger partial charge in [-0.3, -0.25) is 0 Å². The Hall–Kier alpha value is -4.10. The molecule has 0 saturated heterocycles. The lowest BCUT2D eigenvalue weighted by Crippen LogP contribution is -2.22. The Morgan fingerprint density at radius 2 is 1.09 bits per heavy atom. The van der Waals surface area contributed by atoms with Crippen LogP contribution in [0.2, 0.25) is 0 Å². The first-order valence-corrected chi connectivity index (χ1v) is 11.5. The molecule has 0 fully saturated rings. The van der Waals surface area contributed by atoms with Crippen LogP contribution in [-0.4, -0.2) is 0 Å². The van der Waals surface area contributed by atoms with Crippen molar-refractivity contribution in [3.63, 3.8) is 0 Å². The molecular weight excluding hydrogens is 400 g/mol. The lowest BCUT2D eigenvalue weighted by atomic mass is 9.74. The summed E-state index contributed by atoms with van der Waals surface area (Å²) >= 11 is 0. The van der Waals surface area contributed by atoms with Crippen LogP contribution in [0.25, 0.3) is 44.2 Å². The molecule has 1 heteroatoms. The van der Waals surface area contributed by atoms with E-state index in [0.29, 0.717) is 0 Å². The van der Waals surface area contributed by atoms with E-state index in [2.05, 4.69) is 110 Å². The molecule has 6 aromatic rings. The number of hydrogen-bond acceptors (Lipinski definition) is 1. The predicted molar refractivity (Wildman–Crippen MR) is 137 cm³/mol. The molecule has 1 aliphatic carbocycles. The summed E-state index contributed by atoms with van der Waals surface area (Å²) in [7, 11) is 0. The largest absolute Gasteiger partial charge is 0.455 e. The van der Waals surface area contributed by atoms with Crippen molar-refractivity contribution in [2.75, 3.05) is 0 Å². The van der Waals surface area contributed by atoms with Crippen LogP contribution < -0.4 is 0 Å². The van der Waals surface area contributed by atoms with Gasteiger partial charge in [-0.2, -0.15) is 0 Å². The molecule has 0 aliphatic heterocycles. The third-order valence-electron chi connectivity index (χ3n) is 7.40. The van der Waals surface area contributed by atoms with E-state index in [1.807, 2.05) is 12.1 Å². The minimum atomic E-state index is -0.170. The number of para-hydroxylation sites is 2. The van der Waals surface area contributed by atoms with Crippen LogP contribution >= 0.6 is 0 Å². The zero-order valence-corrected chi connectivity index (χ0v) is 18.4. The van der Waals surface area contributed by atoms with Gasteiger partial charge in [-0.25, -0.2) is 0 Å². The summed E-state index contributed by atoms with van der Waals surface area (Å²) in [5, 5.41) is 2.33. The molecule has 1 aliphatic rings. The molecule has 0 bridgehead atoms. The Morgan fingerprint density at radius 3 is 1.82 bits per heavy atom. The fraction of sp³-hybridized carbons (Fsp3) is 0.0625. The first-order valence-electron chi connectivity index (χ1n) is 11.5. The molecule has 1 heterocycles. The molecular formula is C32H22O. The van der Waals surface area contributed by atoms with Crippen LogP contribution in [0.4, 0.5) is 0 Å². The summed E-state index contributed by atoms with van der Waals surface area (Å²) in [5.74, 6) is 0. The van der Waals surface area contributed by atoms with E-state index in [1.54, 1.807) is 0 Å². The van der Waals surface area contributed by atoms with Crippen LogP contribution in [0, 0.1) is 0 Å². The summed E-state index contributed by atoms with van der Waals surface area (Å²) in [5.41, 5.74) is 10.8. The van der Waals surface area contributed by atoms with Gasteiger partial charge >= 0.3 is 0 Å². The molecule has 0 saturated carbocycles. The van der Waals surface area contributed by atoms with Gasteiger partial charge in [-0.1, -0.05) is 109 Å². The zero-order chi connectivity index (χ0) is 22.0. The average molecular weight is 423 g/mol. The lowest BCUT2D eigenvalue weighted by molar-refractivity contribution is 0.670. The Kier molecular flexibility index (Phi) is 3.75. The quantitative estimate of drug-likeness (QED) is 0.272. The van der Waals surface area contributed by atoms with Crippen molar-refractivity contribution in [1.29, 1.82) is 0 Å². The van der Waals surface area contributed by atoms with Crippen LogP contribution in [0.1, 0.15) is 23.6 Å². The topological polar surface area (TPSA) is 13.1 Å². The van der Waals surface area contributed by atoms with Crippen molar-refractivity contribution >= 4 is 21.9 Å². The van der Waals surface area contributed by atoms with Gasteiger partial charge in [-0.15, -0.1) is 0 Å². The lowest BCUT2D eigenvalue weighted by Gasteiger charge is -2.28. The van der Waals surface area contributed by atoms with Crippen molar-refractivity contribution in [2.24, 2.45) is 0 Å². The van der Waals surface area contributed by atoms with E-state index in [1.165, 1.54) is 33.4 Å². The van der Waals surface area contributed by atoms with Crippen LogP contribution in [0.15, 0.2) is 120 Å². The van der Waals surface area contributed by atoms with Gasteiger partial charge in [0.15, 0.2) is 0 Å². The molecule has 156 valence electrons. The van der Waals surface area contributed by atoms with Gasteiger partial charge in [0.1, 0.15) is 11.2 Å². The molecule has 0 amide bonds. The monoisotopic (exact) mass is 422 g/mol. The first kappa shape index (κ1) is 18.5. The van der Waals surface area contributed by atoms with Gasteiger partial charge in [0, 0.05) is 21.8 Å². The standard InChI is InChI=1S/C32H22O/c1-32(28-14-5-2-9-24(28)25-10-3-6-15-29(25)32)22-19-17-21(18-20-22)23-12-8-13-27-26-11-4-7-16-30(26)33-31(23)27/h2-20H,1H3. The van der Waals surface area contributed by atoms with Crippen LogP contribution in [0.5, 0.6) is 0 Å². The minimum Gasteiger partial charge on any atom is -0.455 e. The van der Waals surface area contributed by atoms with Crippen LogP contribution in [0.3, 0.4) is 0 Å². The number of furan rings is 1. The molecule has 0 spiro atoms. The minimum absolute atomic E-state index is 0.170. The maximum Gasteiger partial charge on any atom is 0.143 e. The van der Waals surface area contributed by atoms with E-state index in [4.69, 9.17) is 4.42 Å². The molecule has 1 nitrogen and oxygen atoms in total. The third kappa shape index (κ3) is 2.48. The molecule has 33 heavy (non-hydrogen) atoms. The summed E-state index contributed by atoms with van der Waals surface area (Å²) < 4.78 is 6.28. The van der Waals surface area contributed by atoms with Crippen molar-refractivity contribution in [2.45, 2.75) is 12.3 Å². The number of rotatable bonds is 2. The second kappa shape index (κ2) is 6.70. The highest BCUT2D eigenvalue weighted by molar-refractivity contribution is 6.09. The normalized spacial score (nSPS) is 13.8. The van der Waals surface area contributed by atoms with Gasteiger partial charge in [0.25, 0.3) is 0 Å². The number of fused-ring (bicyclic) bond motifs is 6. The predicted octanol–water partition coefficient (Wildman–Crippen LogP) is 8.59. The summed E-state index contributed by atoms with van der Waals surface area (Å²) in [6, 6.07) is 41.4. The highest BCUT2D eigenvalue weighted by Gasteiger charge is 2.40. The van der Waals surface area contributed by atoms with Crippen molar-refractivity contribution in [3.8, 4) is 22.3 Å². The third-order valence-corrected chi connectivity index (χ3v) is 7.40. The molecule has 0 atom stereocenters. The van der Waals surface area contributed by atoms with E-state index in [0.717, 1.165) is 27.5 Å². The van der Waals surface area contributed by atoms with Gasteiger partial charge in [0.2, 0.25) is 0 Å². The second-order valence-corrected chi connectivity index (χ2v) is 9.07. The zero-order valence-electron chi connectivity index (χ0n) is 18.4. The summed E-state index contributed by atoms with van der Waals surface area (Å²) in [6.07, 6.45) is 0. The van der Waals surface area contributed by atoms with Crippen molar-refractivity contribution < 1.29 is 4.42 Å². The fourth-order valence-electron chi connectivity index (χ4n) is 5.72. The highest BCUT2D eigenvalue weighted by atomic mass is 16.3. The van der Waals surface area contributed by atoms with Crippen LogP contribution in [-0.2, 0) is 5.41 Å². The van der Waals surface area contributed by atoms with Crippen molar-refractivity contribution in [3.05, 3.63) is 132 Å². The highest BCUT2D eigenvalue weighted by Crippen LogP contribution is 2.52. The van der Waals surface area contributed by atoms with Gasteiger partial charge in [-0.05, 0) is 46.4 Å². The van der Waals surface area contributed by atoms with E-state index < -0.39 is 0 Å². The Bertz CT molecular complexity index is 1620. The second-order valence-electron chi connectivity index (χ2n) is 9.07. The SMILES string of the molecule is CC1(c2ccc(-c3cccc4c3oc3ccccc34)cc2)c2ccccc2-c2ccccc21. The van der Waals surface area contributed by atoms with E-state index in [-0.39, 0.29) is 5.41 Å². The Morgan fingerprint density at radius 1 is 0.515 bits per heavy atom. The number of benzene rings is 5. The Balaban J connectivity index is 1.39. The summed E-state index contributed by atoms with van der Waals surface area (Å²) in [6.45, 7) is 2.35. The van der Waals surface area contributed by atoms with Gasteiger partial charge in [0.05, 0.1) is 0 Å². The van der Waals surface area contributed by atoms with E-state index in [9.17, 15) is 0 Å². The van der Waals surface area contributed by atoms with Gasteiger partial charge < -0.3 is 4.42 Å². The van der Waals surface area contributed by atoms with E-state index >= 15 is 0 Å². The molecule has 7 rings (SSSR count). The van der Waals surface area contributed by atoms with Crippen molar-refractivity contribution in [1.82, 2.24) is 0 Å². The summed E-state index contributed by atoms with van der Waals surface area (Å²) in [4.78, 5) is 0. The number of hydrogen-bond donors (Lipinski definition) is 0.